The van der Waals surface area contributed by atoms with Gasteiger partial charge in [-0.15, -0.1) is 0 Å². The van der Waals surface area contributed by atoms with Crippen molar-refractivity contribution in [1.29, 1.82) is 0 Å². The van der Waals surface area contributed by atoms with Gasteiger partial charge in [-0.3, -0.25) is 4.79 Å². The van der Waals surface area contributed by atoms with Crippen molar-refractivity contribution < 1.29 is 24.5 Å². The maximum Gasteiger partial charge on any atom is 0.165 e. The molecule has 1 aromatic carbocycles. The number of hydrogen-bond donors (Lipinski definition) is 2. The fourth-order valence-electron chi connectivity index (χ4n) is 5.97. The van der Waals surface area contributed by atoms with Gasteiger partial charge in [-0.1, -0.05) is 87.6 Å². The Balaban J connectivity index is 1.30. The van der Waals surface area contributed by atoms with E-state index in [4.69, 9.17) is 9.47 Å². The van der Waals surface area contributed by atoms with Crippen LogP contribution < -0.4 is 0 Å². The van der Waals surface area contributed by atoms with Gasteiger partial charge in [-0.2, -0.15) is 0 Å². The molecule has 2 fully saturated rings. The molecule has 10 atom stereocenters. The van der Waals surface area contributed by atoms with Crippen LogP contribution in [0.1, 0.15) is 70.7 Å². The van der Waals surface area contributed by atoms with E-state index >= 15 is 0 Å². The maximum atomic E-state index is 12.6. The molecule has 4 rings (SSSR count). The Kier molecular flexibility index (Phi) is 10.2. The average Bonchev–Trinajstić information content (AvgIpc) is 3.56. The van der Waals surface area contributed by atoms with Crippen LogP contribution in [0.15, 0.2) is 77.9 Å². The van der Waals surface area contributed by atoms with Crippen molar-refractivity contribution >= 4 is 5.78 Å². The van der Waals surface area contributed by atoms with Crippen molar-refractivity contribution in [2.45, 2.75) is 96.9 Å². The molecule has 212 valence electrons. The van der Waals surface area contributed by atoms with Gasteiger partial charge in [-0.25, -0.2) is 0 Å². The van der Waals surface area contributed by atoms with Gasteiger partial charge in [-0.05, 0) is 61.5 Å². The quantitative estimate of drug-likeness (QED) is 0.275. The largest absolute Gasteiger partial charge is 0.390 e. The van der Waals surface area contributed by atoms with E-state index in [1.807, 2.05) is 24.3 Å². The molecular formula is C34H46O5. The van der Waals surface area contributed by atoms with Crippen molar-refractivity contribution in [3.63, 3.8) is 0 Å². The van der Waals surface area contributed by atoms with E-state index in [2.05, 4.69) is 65.0 Å². The number of aliphatic hydroxyl groups is 2. The first-order valence-electron chi connectivity index (χ1n) is 14.6. The summed E-state index contributed by atoms with van der Waals surface area (Å²) in [7, 11) is 0. The van der Waals surface area contributed by atoms with Gasteiger partial charge in [0, 0.05) is 18.4 Å². The number of hydrogen-bond acceptors (Lipinski definition) is 5. The minimum atomic E-state index is -0.992. The topological polar surface area (TPSA) is 76.0 Å². The molecule has 0 bridgehead atoms. The Labute approximate surface area is 234 Å². The summed E-state index contributed by atoms with van der Waals surface area (Å²) in [5, 5.41) is 21.0. The van der Waals surface area contributed by atoms with Gasteiger partial charge in [0.15, 0.2) is 5.78 Å². The molecule has 5 heteroatoms. The number of carbonyl (C=O) groups is 1. The van der Waals surface area contributed by atoms with Gasteiger partial charge in [0.1, 0.15) is 12.2 Å². The predicted octanol–water partition coefficient (Wildman–Crippen LogP) is 6.23. The third-order valence-electron chi connectivity index (χ3n) is 8.67. The molecule has 3 aliphatic rings. The number of ether oxygens (including phenoxy) is 2. The van der Waals surface area contributed by atoms with Crippen LogP contribution in [0.4, 0.5) is 0 Å². The molecule has 5 nitrogen and oxygen atoms in total. The van der Waals surface area contributed by atoms with Gasteiger partial charge >= 0.3 is 0 Å². The molecule has 0 amide bonds. The minimum Gasteiger partial charge on any atom is -0.390 e. The number of ketones is 1. The Morgan fingerprint density at radius 3 is 2.54 bits per heavy atom. The zero-order chi connectivity index (χ0) is 28.1. The Morgan fingerprint density at radius 1 is 1.10 bits per heavy atom. The van der Waals surface area contributed by atoms with Crippen LogP contribution in [0, 0.1) is 23.7 Å². The summed E-state index contributed by atoms with van der Waals surface area (Å²) in [4.78, 5) is 12.6. The van der Waals surface area contributed by atoms with Gasteiger partial charge in [0.2, 0.25) is 0 Å². The predicted molar refractivity (Wildman–Crippen MR) is 155 cm³/mol. The third kappa shape index (κ3) is 7.67. The Morgan fingerprint density at radius 2 is 1.82 bits per heavy atom. The third-order valence-corrected chi connectivity index (χ3v) is 8.67. The summed E-state index contributed by atoms with van der Waals surface area (Å²) in [6.07, 6.45) is 13.0. The number of Topliss-reactive ketones (excluding diaryl/α,β-unsaturated/α-hetero) is 1. The van der Waals surface area contributed by atoms with E-state index in [0.29, 0.717) is 29.2 Å². The Bertz CT molecular complexity index is 1090. The highest BCUT2D eigenvalue weighted by molar-refractivity contribution is 5.96. The summed E-state index contributed by atoms with van der Waals surface area (Å²) < 4.78 is 12.4. The molecule has 2 heterocycles. The smallest absolute Gasteiger partial charge is 0.165 e. The summed E-state index contributed by atoms with van der Waals surface area (Å²) in [5.74, 6) is 1.63. The molecule has 2 N–H and O–H groups in total. The van der Waals surface area contributed by atoms with E-state index in [1.165, 1.54) is 11.1 Å². The zero-order valence-electron chi connectivity index (χ0n) is 24.1. The van der Waals surface area contributed by atoms with Crippen LogP contribution in [0.2, 0.25) is 0 Å². The van der Waals surface area contributed by atoms with E-state index < -0.39 is 24.4 Å². The number of rotatable bonds is 10. The van der Waals surface area contributed by atoms with Crippen LogP contribution in [0.3, 0.4) is 0 Å². The number of carbonyl (C=O) groups excluding carboxylic acids is 1. The molecule has 2 aliphatic heterocycles. The molecule has 1 saturated heterocycles. The molecule has 0 radical (unpaired) electrons. The monoisotopic (exact) mass is 534 g/mol. The lowest BCUT2D eigenvalue weighted by Gasteiger charge is -2.35. The summed E-state index contributed by atoms with van der Waals surface area (Å²) in [6.45, 7) is 10.9. The van der Waals surface area contributed by atoms with Gasteiger partial charge < -0.3 is 19.7 Å². The second kappa shape index (κ2) is 13.4. The minimum absolute atomic E-state index is 0.0156. The number of allylic oxidation sites excluding steroid dienone is 4. The highest BCUT2D eigenvalue weighted by atomic mass is 16.5. The van der Waals surface area contributed by atoms with Crippen molar-refractivity contribution in [1.82, 2.24) is 0 Å². The second-order valence-corrected chi connectivity index (χ2v) is 11.8. The standard InChI is InChI=1S/C34H46O5/c1-6-31-22(3)13-16-32(39-31)23(4)18-21(2)12-14-27-24(5)28(27)15-17-33-34(37)30(36)20-26(38-33)19-29(35)25-10-8-7-9-11-25/h7-15,17-18,21,24,26-28,30-34,36-37H,6,16,19-20H2,1-5H3/b14-12+,17-15+,23-18+/t21-,24-,26-,27+,28+,30+,31-,32-,33+,34-/m1/s1. The Hall–Kier alpha value is -2.31. The first kappa shape index (κ1) is 29.7. The molecule has 0 unspecified atom stereocenters. The van der Waals surface area contributed by atoms with Crippen LogP contribution in [0.5, 0.6) is 0 Å². The summed E-state index contributed by atoms with van der Waals surface area (Å²) >= 11 is 0. The number of aliphatic hydroxyl groups excluding tert-OH is 2. The summed E-state index contributed by atoms with van der Waals surface area (Å²) in [6, 6.07) is 9.13. The van der Waals surface area contributed by atoms with E-state index in [0.717, 1.165) is 12.8 Å². The van der Waals surface area contributed by atoms with Crippen molar-refractivity contribution in [3.8, 4) is 0 Å². The lowest BCUT2D eigenvalue weighted by molar-refractivity contribution is -0.149. The molecule has 1 aliphatic carbocycles. The molecule has 39 heavy (non-hydrogen) atoms. The van der Waals surface area contributed by atoms with Crippen molar-refractivity contribution in [3.05, 3.63) is 83.5 Å². The first-order valence-corrected chi connectivity index (χ1v) is 14.6. The number of benzene rings is 1. The maximum absolute atomic E-state index is 12.6. The average molecular weight is 535 g/mol. The first-order chi connectivity index (χ1) is 18.7. The normalized spacial score (nSPS) is 36.2. The van der Waals surface area contributed by atoms with Crippen molar-refractivity contribution in [2.75, 3.05) is 0 Å². The van der Waals surface area contributed by atoms with Gasteiger partial charge in [0.05, 0.1) is 24.4 Å². The van der Waals surface area contributed by atoms with Gasteiger partial charge in [0.25, 0.3) is 0 Å². The SMILES string of the molecule is CC[C@H]1O[C@@H](/C(C)=C/[C@H](C)/C=C/[C@H]2[C@@H](C)[C@@H]2/C=C/[C@@H]2O[C@H](CC(=O)c3ccccc3)C[C@H](O)[C@H]2O)CC=C1C. The fraction of sp³-hybridized carbons (Fsp3) is 0.559. The van der Waals surface area contributed by atoms with Crippen LogP contribution >= 0.6 is 0 Å². The highest BCUT2D eigenvalue weighted by Gasteiger charge is 2.43. The molecule has 0 aromatic heterocycles. The lowest BCUT2D eigenvalue weighted by atomic mass is 9.93. The van der Waals surface area contributed by atoms with E-state index in [9.17, 15) is 15.0 Å². The highest BCUT2D eigenvalue weighted by Crippen LogP contribution is 2.48. The second-order valence-electron chi connectivity index (χ2n) is 11.8. The van der Waals surface area contributed by atoms with Crippen LogP contribution in [-0.4, -0.2) is 52.6 Å². The van der Waals surface area contributed by atoms with E-state index in [1.54, 1.807) is 12.1 Å². The molecule has 0 spiro atoms. The van der Waals surface area contributed by atoms with E-state index in [-0.39, 0.29) is 30.8 Å². The molecule has 1 aromatic rings. The summed E-state index contributed by atoms with van der Waals surface area (Å²) in [5.41, 5.74) is 3.27. The fourth-order valence-corrected chi connectivity index (χ4v) is 5.97. The van der Waals surface area contributed by atoms with Crippen LogP contribution in [-0.2, 0) is 9.47 Å². The lowest BCUT2D eigenvalue weighted by Crippen LogP contribution is -2.47. The molecule has 1 saturated carbocycles. The molecular weight excluding hydrogens is 488 g/mol. The zero-order valence-corrected chi connectivity index (χ0v) is 24.1. The van der Waals surface area contributed by atoms with Crippen molar-refractivity contribution in [2.24, 2.45) is 23.7 Å². The van der Waals surface area contributed by atoms with Crippen LogP contribution in [0.25, 0.3) is 0 Å².